The number of hydrogen-bond acceptors (Lipinski definition) is 3. The predicted molar refractivity (Wildman–Crippen MR) is 67.5 cm³/mol. The molecule has 2 heterocycles. The molecule has 0 amide bonds. The SMILES string of the molecule is CCCn1ncnc1CN1CCCC1CBr. The maximum Gasteiger partial charge on any atom is 0.141 e. The van der Waals surface area contributed by atoms with E-state index in [2.05, 4.69) is 37.8 Å². The van der Waals surface area contributed by atoms with Crippen LogP contribution in [0.1, 0.15) is 32.0 Å². The Balaban J connectivity index is 1.99. The highest BCUT2D eigenvalue weighted by atomic mass is 79.9. The number of halogens is 1. The number of aromatic nitrogens is 3. The molecule has 16 heavy (non-hydrogen) atoms. The maximum atomic E-state index is 4.36. The Morgan fingerprint density at radius 3 is 3.19 bits per heavy atom. The molecule has 1 aliphatic heterocycles. The van der Waals surface area contributed by atoms with Crippen LogP contribution in [0.25, 0.3) is 0 Å². The summed E-state index contributed by atoms with van der Waals surface area (Å²) in [7, 11) is 0. The summed E-state index contributed by atoms with van der Waals surface area (Å²) in [4.78, 5) is 6.87. The Bertz CT molecular complexity index is 326. The van der Waals surface area contributed by atoms with E-state index in [1.165, 1.54) is 19.4 Å². The molecule has 1 aliphatic rings. The van der Waals surface area contributed by atoms with Crippen molar-refractivity contribution in [2.75, 3.05) is 11.9 Å². The number of likely N-dealkylation sites (tertiary alicyclic amines) is 1. The summed E-state index contributed by atoms with van der Waals surface area (Å²) in [5.41, 5.74) is 0. The summed E-state index contributed by atoms with van der Waals surface area (Å²) in [5.74, 6) is 1.11. The average Bonchev–Trinajstić information content (AvgIpc) is 2.89. The van der Waals surface area contributed by atoms with E-state index in [0.29, 0.717) is 6.04 Å². The second-order valence-electron chi connectivity index (χ2n) is 4.32. The summed E-state index contributed by atoms with van der Waals surface area (Å²) in [6.07, 6.45) is 5.38. The molecule has 0 radical (unpaired) electrons. The lowest BCUT2D eigenvalue weighted by Gasteiger charge is -2.22. The highest BCUT2D eigenvalue weighted by Gasteiger charge is 2.24. The van der Waals surface area contributed by atoms with Crippen LogP contribution in [0.3, 0.4) is 0 Å². The van der Waals surface area contributed by atoms with Gasteiger partial charge in [-0.3, -0.25) is 4.90 Å². The molecule has 0 spiro atoms. The van der Waals surface area contributed by atoms with Crippen molar-refractivity contribution in [1.29, 1.82) is 0 Å². The zero-order valence-electron chi connectivity index (χ0n) is 9.77. The summed E-state index contributed by atoms with van der Waals surface area (Å²) < 4.78 is 2.03. The first-order chi connectivity index (χ1) is 7.85. The number of aryl methyl sites for hydroxylation is 1. The summed E-state index contributed by atoms with van der Waals surface area (Å²) in [6, 6.07) is 0.673. The lowest BCUT2D eigenvalue weighted by molar-refractivity contribution is 0.252. The molecule has 0 saturated carbocycles. The van der Waals surface area contributed by atoms with Crippen molar-refractivity contribution < 1.29 is 0 Å². The minimum Gasteiger partial charge on any atom is -0.292 e. The van der Waals surface area contributed by atoms with Gasteiger partial charge in [-0.05, 0) is 25.8 Å². The zero-order valence-corrected chi connectivity index (χ0v) is 11.4. The quantitative estimate of drug-likeness (QED) is 0.777. The van der Waals surface area contributed by atoms with Gasteiger partial charge in [-0.2, -0.15) is 5.10 Å². The molecule has 4 nitrogen and oxygen atoms in total. The second-order valence-corrected chi connectivity index (χ2v) is 4.97. The molecule has 5 heteroatoms. The fourth-order valence-corrected chi connectivity index (χ4v) is 3.00. The Labute approximate surface area is 105 Å². The van der Waals surface area contributed by atoms with Crippen molar-refractivity contribution in [3.8, 4) is 0 Å². The van der Waals surface area contributed by atoms with Crippen LogP contribution in [0.2, 0.25) is 0 Å². The molecule has 1 aromatic heterocycles. The largest absolute Gasteiger partial charge is 0.292 e. The Morgan fingerprint density at radius 1 is 1.56 bits per heavy atom. The van der Waals surface area contributed by atoms with Gasteiger partial charge in [-0.25, -0.2) is 9.67 Å². The molecule has 1 saturated heterocycles. The van der Waals surface area contributed by atoms with E-state index >= 15 is 0 Å². The van der Waals surface area contributed by atoms with Crippen molar-refractivity contribution in [2.24, 2.45) is 0 Å². The summed E-state index contributed by atoms with van der Waals surface area (Å²) in [6.45, 7) is 5.27. The summed E-state index contributed by atoms with van der Waals surface area (Å²) >= 11 is 3.59. The van der Waals surface area contributed by atoms with E-state index in [0.717, 1.165) is 30.7 Å². The zero-order chi connectivity index (χ0) is 11.4. The van der Waals surface area contributed by atoms with Crippen molar-refractivity contribution in [1.82, 2.24) is 19.7 Å². The molecule has 1 fully saturated rings. The van der Waals surface area contributed by atoms with E-state index in [-0.39, 0.29) is 0 Å². The third-order valence-electron chi connectivity index (χ3n) is 3.15. The van der Waals surface area contributed by atoms with Gasteiger partial charge in [0.05, 0.1) is 6.54 Å². The molecule has 1 unspecified atom stereocenters. The molecule has 0 aliphatic carbocycles. The van der Waals surface area contributed by atoms with E-state index in [1.54, 1.807) is 6.33 Å². The molecular formula is C11H19BrN4. The third-order valence-corrected chi connectivity index (χ3v) is 3.90. The number of nitrogens with zero attached hydrogens (tertiary/aromatic N) is 4. The van der Waals surface area contributed by atoms with Crippen LogP contribution < -0.4 is 0 Å². The lowest BCUT2D eigenvalue weighted by atomic mass is 10.2. The van der Waals surface area contributed by atoms with Gasteiger partial charge in [-0.1, -0.05) is 22.9 Å². The molecule has 1 atom stereocenters. The van der Waals surface area contributed by atoms with Crippen LogP contribution in [-0.4, -0.2) is 37.6 Å². The molecule has 1 aromatic rings. The van der Waals surface area contributed by atoms with E-state index in [9.17, 15) is 0 Å². The smallest absolute Gasteiger partial charge is 0.141 e. The van der Waals surface area contributed by atoms with Gasteiger partial charge in [0.2, 0.25) is 0 Å². The number of alkyl halides is 1. The first-order valence-electron chi connectivity index (χ1n) is 6.01. The third kappa shape index (κ3) is 2.63. The number of hydrogen-bond donors (Lipinski definition) is 0. The molecular weight excluding hydrogens is 268 g/mol. The molecule has 2 rings (SSSR count). The summed E-state index contributed by atoms with van der Waals surface area (Å²) in [5, 5.41) is 5.33. The van der Waals surface area contributed by atoms with Crippen molar-refractivity contribution >= 4 is 15.9 Å². The average molecular weight is 287 g/mol. The molecule has 0 N–H and O–H groups in total. The maximum absolute atomic E-state index is 4.36. The fourth-order valence-electron chi connectivity index (χ4n) is 2.27. The van der Waals surface area contributed by atoms with Gasteiger partial charge in [-0.15, -0.1) is 0 Å². The lowest BCUT2D eigenvalue weighted by Crippen LogP contribution is -2.31. The Hall–Kier alpha value is -0.420. The molecule has 0 aromatic carbocycles. The Kier molecular flexibility index (Phi) is 4.35. The Morgan fingerprint density at radius 2 is 2.44 bits per heavy atom. The van der Waals surface area contributed by atoms with Crippen LogP contribution in [-0.2, 0) is 13.1 Å². The van der Waals surface area contributed by atoms with Crippen molar-refractivity contribution in [3.05, 3.63) is 12.2 Å². The highest BCUT2D eigenvalue weighted by Crippen LogP contribution is 2.20. The monoisotopic (exact) mass is 286 g/mol. The van der Waals surface area contributed by atoms with Crippen molar-refractivity contribution in [2.45, 2.75) is 45.3 Å². The van der Waals surface area contributed by atoms with E-state index in [4.69, 9.17) is 0 Å². The van der Waals surface area contributed by atoms with Gasteiger partial charge < -0.3 is 0 Å². The van der Waals surface area contributed by atoms with Crippen LogP contribution >= 0.6 is 15.9 Å². The van der Waals surface area contributed by atoms with Crippen molar-refractivity contribution in [3.63, 3.8) is 0 Å². The minimum atomic E-state index is 0.673. The fraction of sp³-hybridized carbons (Fsp3) is 0.818. The predicted octanol–water partition coefficient (Wildman–Crippen LogP) is 2.05. The first kappa shape index (κ1) is 12.0. The second kappa shape index (κ2) is 5.77. The van der Waals surface area contributed by atoms with Gasteiger partial charge in [0.25, 0.3) is 0 Å². The first-order valence-corrected chi connectivity index (χ1v) is 7.14. The topological polar surface area (TPSA) is 34.0 Å². The van der Waals surface area contributed by atoms with Gasteiger partial charge in [0.1, 0.15) is 12.2 Å². The van der Waals surface area contributed by atoms with Gasteiger partial charge >= 0.3 is 0 Å². The minimum absolute atomic E-state index is 0.673. The van der Waals surface area contributed by atoms with Crippen LogP contribution in [0.5, 0.6) is 0 Å². The standard InChI is InChI=1S/C11H19BrN4/c1-2-5-16-11(13-9-14-16)8-15-6-3-4-10(15)7-12/h9-10H,2-8H2,1H3. The van der Waals surface area contributed by atoms with Gasteiger partial charge in [0.15, 0.2) is 0 Å². The normalized spacial score (nSPS) is 21.8. The van der Waals surface area contributed by atoms with E-state index < -0.39 is 0 Å². The highest BCUT2D eigenvalue weighted by molar-refractivity contribution is 9.09. The van der Waals surface area contributed by atoms with Crippen LogP contribution in [0.4, 0.5) is 0 Å². The number of rotatable bonds is 5. The molecule has 0 bridgehead atoms. The van der Waals surface area contributed by atoms with Crippen LogP contribution in [0, 0.1) is 0 Å². The molecule has 90 valence electrons. The van der Waals surface area contributed by atoms with Crippen LogP contribution in [0.15, 0.2) is 6.33 Å². The van der Waals surface area contributed by atoms with E-state index in [1.807, 2.05) is 4.68 Å². The van der Waals surface area contributed by atoms with Gasteiger partial charge in [0, 0.05) is 17.9 Å².